The summed E-state index contributed by atoms with van der Waals surface area (Å²) in [6, 6.07) is -1.26. The second kappa shape index (κ2) is 12.5. The van der Waals surface area contributed by atoms with Gasteiger partial charge >= 0.3 is 18.0 Å². The molecule has 1 amide bonds. The van der Waals surface area contributed by atoms with Gasteiger partial charge in [0.25, 0.3) is 0 Å². The largest absolute Gasteiger partial charge is 0.460 e. The lowest BCUT2D eigenvalue weighted by atomic mass is 9.46. The van der Waals surface area contributed by atoms with Gasteiger partial charge in [-0.15, -0.1) is 0 Å². The number of nitrogens with one attached hydrogen (secondary N) is 1. The van der Waals surface area contributed by atoms with Crippen molar-refractivity contribution >= 4 is 29.6 Å². The first-order chi connectivity index (χ1) is 20.7. The highest BCUT2D eigenvalue weighted by Crippen LogP contribution is 2.67. The summed E-state index contributed by atoms with van der Waals surface area (Å²) in [7, 11) is 0. The smallest absolute Gasteiger partial charge is 0.408 e. The highest BCUT2D eigenvalue weighted by atomic mass is 16.6. The van der Waals surface area contributed by atoms with Crippen LogP contribution in [0.3, 0.4) is 0 Å². The Kier molecular flexibility index (Phi) is 9.72. The first-order valence-corrected chi connectivity index (χ1v) is 16.6. The molecular weight excluding hydrogens is 578 g/mol. The molecule has 7 unspecified atom stereocenters. The summed E-state index contributed by atoms with van der Waals surface area (Å²) in [5.41, 5.74) is -2.60. The van der Waals surface area contributed by atoms with Crippen LogP contribution >= 0.6 is 0 Å². The number of fused-ring (bicyclic) bond motifs is 5. The number of ketones is 2. The lowest BCUT2D eigenvalue weighted by Crippen LogP contribution is -2.58. The van der Waals surface area contributed by atoms with E-state index in [1.165, 1.54) is 5.57 Å². The summed E-state index contributed by atoms with van der Waals surface area (Å²) in [6.07, 6.45) is 6.50. The fourth-order valence-electron chi connectivity index (χ4n) is 8.74. The number of Topliss-reactive ketones (excluding diaryl/α,β-unsaturated/α-hetero) is 1. The predicted octanol–water partition coefficient (Wildman–Crippen LogP) is 5.38. The van der Waals surface area contributed by atoms with Crippen LogP contribution in [0.15, 0.2) is 11.6 Å². The molecule has 0 spiro atoms. The molecule has 4 aliphatic carbocycles. The molecule has 0 aromatic rings. The van der Waals surface area contributed by atoms with Crippen molar-refractivity contribution < 1.29 is 43.3 Å². The molecule has 0 heterocycles. The molecule has 7 atom stereocenters. The summed E-state index contributed by atoms with van der Waals surface area (Å²) in [6.45, 7) is 13.9. The fourth-order valence-corrected chi connectivity index (χ4v) is 8.74. The molecule has 0 saturated heterocycles. The molecule has 45 heavy (non-hydrogen) atoms. The second-order valence-electron chi connectivity index (χ2n) is 16.2. The molecule has 0 bridgehead atoms. The lowest BCUT2D eigenvalue weighted by Gasteiger charge is -2.58. The molecule has 252 valence electrons. The van der Waals surface area contributed by atoms with E-state index in [-0.39, 0.29) is 30.0 Å². The van der Waals surface area contributed by atoms with Crippen molar-refractivity contribution in [3.63, 3.8) is 0 Å². The van der Waals surface area contributed by atoms with Gasteiger partial charge in [0, 0.05) is 18.3 Å². The van der Waals surface area contributed by atoms with E-state index in [0.29, 0.717) is 37.5 Å². The summed E-state index contributed by atoms with van der Waals surface area (Å²) in [4.78, 5) is 63.9. The van der Waals surface area contributed by atoms with Crippen LogP contribution in [0.5, 0.6) is 0 Å². The number of aliphatic hydroxyl groups is 1. The maximum atomic E-state index is 13.7. The third-order valence-electron chi connectivity index (χ3n) is 11.0. The number of rotatable bonds is 8. The van der Waals surface area contributed by atoms with Crippen molar-refractivity contribution in [1.82, 2.24) is 5.32 Å². The lowest BCUT2D eigenvalue weighted by molar-refractivity contribution is -0.170. The monoisotopic (exact) mass is 631 g/mol. The van der Waals surface area contributed by atoms with Crippen molar-refractivity contribution in [1.29, 1.82) is 0 Å². The summed E-state index contributed by atoms with van der Waals surface area (Å²) in [5.74, 6) is -0.874. The van der Waals surface area contributed by atoms with Gasteiger partial charge in [-0.2, -0.15) is 0 Å². The van der Waals surface area contributed by atoms with Gasteiger partial charge in [0.15, 0.2) is 12.4 Å². The van der Waals surface area contributed by atoms with E-state index in [2.05, 4.69) is 12.2 Å². The van der Waals surface area contributed by atoms with Crippen LogP contribution in [0.1, 0.15) is 120 Å². The Morgan fingerprint density at radius 1 is 0.933 bits per heavy atom. The Balaban J connectivity index is 1.43. The van der Waals surface area contributed by atoms with Gasteiger partial charge in [-0.3, -0.25) is 14.4 Å². The molecule has 10 nitrogen and oxygen atoms in total. The number of esters is 2. The number of hydrogen-bond donors (Lipinski definition) is 2. The Morgan fingerprint density at radius 3 is 2.22 bits per heavy atom. The molecule has 2 N–H and O–H groups in total. The SMILES string of the molecule is CC(C)(C)OC(=O)CCC(NC(=O)OC(C)(C)C)C(=O)OCC(=O)C1(O)CCC2C3CCC4=CC(=O)CCC4(C)C3CCC21C. The van der Waals surface area contributed by atoms with Crippen molar-refractivity contribution in [3.05, 3.63) is 11.6 Å². The molecule has 0 radical (unpaired) electrons. The van der Waals surface area contributed by atoms with Crippen LogP contribution in [0.2, 0.25) is 0 Å². The summed E-state index contributed by atoms with van der Waals surface area (Å²) in [5, 5.41) is 14.5. The van der Waals surface area contributed by atoms with Gasteiger partial charge in [0.1, 0.15) is 22.8 Å². The van der Waals surface area contributed by atoms with E-state index in [9.17, 15) is 29.1 Å². The Hall–Kier alpha value is -2.75. The third-order valence-corrected chi connectivity index (χ3v) is 11.0. The van der Waals surface area contributed by atoms with E-state index < -0.39 is 58.7 Å². The average molecular weight is 632 g/mol. The minimum atomic E-state index is -1.65. The van der Waals surface area contributed by atoms with Crippen molar-refractivity contribution in [2.45, 2.75) is 142 Å². The van der Waals surface area contributed by atoms with Crippen molar-refractivity contribution in [3.8, 4) is 0 Å². The molecule has 3 fully saturated rings. The maximum Gasteiger partial charge on any atom is 0.408 e. The molecule has 3 saturated carbocycles. The Morgan fingerprint density at radius 2 is 1.58 bits per heavy atom. The van der Waals surface area contributed by atoms with Gasteiger partial charge in [-0.05, 0) is 122 Å². The zero-order valence-corrected chi connectivity index (χ0v) is 28.4. The van der Waals surface area contributed by atoms with Gasteiger partial charge in [0.2, 0.25) is 5.78 Å². The summed E-state index contributed by atoms with van der Waals surface area (Å²) < 4.78 is 16.0. The van der Waals surface area contributed by atoms with Crippen LogP contribution in [0.4, 0.5) is 4.79 Å². The topological polar surface area (TPSA) is 145 Å². The highest BCUT2D eigenvalue weighted by molar-refractivity contribution is 5.92. The molecular formula is C35H53NO9. The third kappa shape index (κ3) is 7.31. The van der Waals surface area contributed by atoms with Gasteiger partial charge < -0.3 is 24.6 Å². The van der Waals surface area contributed by atoms with Gasteiger partial charge in [-0.25, -0.2) is 9.59 Å². The zero-order valence-electron chi connectivity index (χ0n) is 28.4. The van der Waals surface area contributed by atoms with E-state index >= 15 is 0 Å². The molecule has 0 aromatic carbocycles. The molecule has 0 aromatic heterocycles. The van der Waals surface area contributed by atoms with Crippen LogP contribution < -0.4 is 5.32 Å². The minimum Gasteiger partial charge on any atom is -0.460 e. The number of carbonyl (C=O) groups is 5. The number of hydrogen-bond acceptors (Lipinski definition) is 9. The number of carbonyl (C=O) groups excluding carboxylic acids is 5. The highest BCUT2D eigenvalue weighted by Gasteiger charge is 2.66. The maximum absolute atomic E-state index is 13.7. The van der Waals surface area contributed by atoms with E-state index in [0.717, 1.165) is 25.7 Å². The van der Waals surface area contributed by atoms with Crippen molar-refractivity contribution in [2.24, 2.45) is 28.6 Å². The first kappa shape index (κ1) is 35.1. The van der Waals surface area contributed by atoms with E-state index in [4.69, 9.17) is 14.2 Å². The Bertz CT molecular complexity index is 1240. The number of alkyl carbamates (subject to hydrolysis) is 1. The van der Waals surface area contributed by atoms with Crippen molar-refractivity contribution in [2.75, 3.05) is 6.61 Å². The zero-order chi connectivity index (χ0) is 33.6. The summed E-state index contributed by atoms with van der Waals surface area (Å²) >= 11 is 0. The van der Waals surface area contributed by atoms with Gasteiger partial charge in [0.05, 0.1) is 0 Å². The van der Waals surface area contributed by atoms with Gasteiger partial charge in [-0.1, -0.05) is 19.4 Å². The van der Waals surface area contributed by atoms with Crippen LogP contribution in [0, 0.1) is 28.6 Å². The van der Waals surface area contributed by atoms with Crippen LogP contribution in [-0.4, -0.2) is 64.2 Å². The number of allylic oxidation sites excluding steroid dienone is 1. The number of amides is 1. The average Bonchev–Trinajstić information content (AvgIpc) is 3.19. The van der Waals surface area contributed by atoms with E-state index in [1.54, 1.807) is 41.5 Å². The van der Waals surface area contributed by atoms with Crippen LogP contribution in [-0.2, 0) is 33.4 Å². The molecule has 4 aliphatic rings. The standard InChI is InChI=1S/C35H53NO9/c1-31(2,3)44-28(39)12-11-26(36-30(41)45-32(4,5)6)29(40)43-20-27(38)35(42)18-15-25-23-10-9-21-19-22(37)13-16-33(21,7)24(23)14-17-34(25,35)8/h19,23-26,42H,9-18,20H2,1-8H3,(H,36,41). The minimum absolute atomic E-state index is 0.0200. The second-order valence-corrected chi connectivity index (χ2v) is 16.2. The molecule has 10 heteroatoms. The first-order valence-electron chi connectivity index (χ1n) is 16.6. The number of ether oxygens (including phenoxy) is 3. The quantitative estimate of drug-likeness (QED) is 0.266. The fraction of sp³-hybridized carbons (Fsp3) is 0.800. The molecule has 4 rings (SSSR count). The van der Waals surface area contributed by atoms with E-state index in [1.807, 2.05) is 13.0 Å². The Labute approximate surface area is 267 Å². The van der Waals surface area contributed by atoms with Crippen LogP contribution in [0.25, 0.3) is 0 Å². The predicted molar refractivity (Wildman–Crippen MR) is 166 cm³/mol. The molecule has 0 aliphatic heterocycles. The normalized spacial score (nSPS) is 33.5.